The molecule has 1 aromatic carbocycles. The van der Waals surface area contributed by atoms with Gasteiger partial charge in [-0.3, -0.25) is 4.79 Å². The van der Waals surface area contributed by atoms with Crippen molar-refractivity contribution in [1.29, 1.82) is 0 Å². The molecule has 1 aliphatic rings. The van der Waals surface area contributed by atoms with E-state index in [4.69, 9.17) is 9.84 Å². The molecule has 2 N–H and O–H groups in total. The molecule has 0 amide bonds. The van der Waals surface area contributed by atoms with Crippen molar-refractivity contribution in [3.05, 3.63) is 29.3 Å². The Morgan fingerprint density at radius 2 is 2.17 bits per heavy atom. The molecule has 0 aromatic heterocycles. The van der Waals surface area contributed by atoms with E-state index >= 15 is 0 Å². The van der Waals surface area contributed by atoms with Crippen LogP contribution in [-0.2, 0) is 17.6 Å². The van der Waals surface area contributed by atoms with Crippen molar-refractivity contribution in [3.63, 3.8) is 0 Å². The van der Waals surface area contributed by atoms with Gasteiger partial charge in [0.15, 0.2) is 0 Å². The van der Waals surface area contributed by atoms with Gasteiger partial charge in [0, 0.05) is 6.54 Å². The highest BCUT2D eigenvalue weighted by Gasteiger charge is 2.13. The van der Waals surface area contributed by atoms with Crippen LogP contribution in [0, 0.1) is 0 Å². The Bertz CT molecular complexity index is 418. The molecular formula is C14H19NO3. The van der Waals surface area contributed by atoms with Gasteiger partial charge < -0.3 is 15.2 Å². The Balaban J connectivity index is 1.84. The van der Waals surface area contributed by atoms with Crippen LogP contribution in [0.25, 0.3) is 0 Å². The Morgan fingerprint density at radius 1 is 1.33 bits per heavy atom. The maximum absolute atomic E-state index is 10.3. The third-order valence-corrected chi connectivity index (χ3v) is 3.17. The van der Waals surface area contributed by atoms with Crippen LogP contribution in [0.4, 0.5) is 0 Å². The highest BCUT2D eigenvalue weighted by molar-refractivity contribution is 5.68. The van der Waals surface area contributed by atoms with Crippen LogP contribution in [0.1, 0.15) is 24.0 Å². The fourth-order valence-electron chi connectivity index (χ4n) is 2.31. The summed E-state index contributed by atoms with van der Waals surface area (Å²) < 4.78 is 5.73. The van der Waals surface area contributed by atoms with Crippen molar-refractivity contribution in [3.8, 4) is 5.75 Å². The number of ether oxygens (including phenoxy) is 1. The van der Waals surface area contributed by atoms with Crippen LogP contribution >= 0.6 is 0 Å². The first-order valence-electron chi connectivity index (χ1n) is 6.43. The third kappa shape index (κ3) is 3.47. The maximum atomic E-state index is 10.3. The van der Waals surface area contributed by atoms with Crippen LogP contribution in [0.2, 0.25) is 0 Å². The van der Waals surface area contributed by atoms with E-state index in [0.717, 1.165) is 18.6 Å². The van der Waals surface area contributed by atoms with Crippen molar-refractivity contribution < 1.29 is 14.6 Å². The first kappa shape index (κ1) is 12.9. The largest absolute Gasteiger partial charge is 0.492 e. The summed E-state index contributed by atoms with van der Waals surface area (Å²) in [6, 6.07) is 6.20. The second-order valence-electron chi connectivity index (χ2n) is 4.52. The van der Waals surface area contributed by atoms with Gasteiger partial charge in [0.05, 0.1) is 6.54 Å². The van der Waals surface area contributed by atoms with Crippen LogP contribution in [-0.4, -0.2) is 30.8 Å². The van der Waals surface area contributed by atoms with Gasteiger partial charge in [0.2, 0.25) is 0 Å². The second-order valence-corrected chi connectivity index (χ2v) is 4.52. The average molecular weight is 249 g/mol. The third-order valence-electron chi connectivity index (χ3n) is 3.17. The minimum absolute atomic E-state index is 0.0176. The van der Waals surface area contributed by atoms with Gasteiger partial charge in [-0.2, -0.15) is 0 Å². The molecule has 0 bridgehead atoms. The molecule has 0 atom stereocenters. The lowest BCUT2D eigenvalue weighted by atomic mass is 9.91. The Hall–Kier alpha value is -1.55. The van der Waals surface area contributed by atoms with Gasteiger partial charge in [0.25, 0.3) is 0 Å². The number of carboxylic acid groups (broad SMARTS) is 1. The minimum atomic E-state index is -0.841. The fourth-order valence-corrected chi connectivity index (χ4v) is 2.31. The normalized spacial score (nSPS) is 14.0. The molecule has 0 spiro atoms. The average Bonchev–Trinajstić information content (AvgIpc) is 2.38. The van der Waals surface area contributed by atoms with Gasteiger partial charge in [-0.05, 0) is 42.9 Å². The molecule has 2 rings (SSSR count). The van der Waals surface area contributed by atoms with Gasteiger partial charge >= 0.3 is 5.97 Å². The standard InChI is InChI=1S/C14H19NO3/c16-14(17)10-15-8-9-18-13-7-3-5-11-4-1-2-6-12(11)13/h3,5,7,15H,1-2,4,6,8-10H2,(H,16,17). The first-order valence-corrected chi connectivity index (χ1v) is 6.43. The fraction of sp³-hybridized carbons (Fsp3) is 0.500. The summed E-state index contributed by atoms with van der Waals surface area (Å²) >= 11 is 0. The van der Waals surface area contributed by atoms with E-state index in [2.05, 4.69) is 11.4 Å². The van der Waals surface area contributed by atoms with Crippen molar-refractivity contribution in [2.24, 2.45) is 0 Å². The topological polar surface area (TPSA) is 58.6 Å². The predicted octanol–water partition coefficient (Wildman–Crippen LogP) is 1.62. The van der Waals surface area contributed by atoms with E-state index in [1.165, 1.54) is 24.0 Å². The second kappa shape index (κ2) is 6.40. The van der Waals surface area contributed by atoms with Gasteiger partial charge in [-0.15, -0.1) is 0 Å². The van der Waals surface area contributed by atoms with Crippen LogP contribution in [0.5, 0.6) is 5.75 Å². The maximum Gasteiger partial charge on any atom is 0.317 e. The molecule has 0 saturated heterocycles. The Kier molecular flexibility index (Phi) is 4.59. The Morgan fingerprint density at radius 3 is 3.00 bits per heavy atom. The number of carboxylic acids is 1. The van der Waals surface area contributed by atoms with Gasteiger partial charge in [-0.1, -0.05) is 12.1 Å². The molecule has 18 heavy (non-hydrogen) atoms. The van der Waals surface area contributed by atoms with E-state index in [0.29, 0.717) is 13.2 Å². The van der Waals surface area contributed by atoms with Crippen molar-refractivity contribution in [2.75, 3.05) is 19.7 Å². The number of fused-ring (bicyclic) bond motifs is 1. The highest BCUT2D eigenvalue weighted by atomic mass is 16.5. The molecule has 0 heterocycles. The van der Waals surface area contributed by atoms with Crippen molar-refractivity contribution in [1.82, 2.24) is 5.32 Å². The zero-order valence-corrected chi connectivity index (χ0v) is 10.4. The molecule has 0 radical (unpaired) electrons. The lowest BCUT2D eigenvalue weighted by molar-refractivity contribution is -0.135. The smallest absolute Gasteiger partial charge is 0.317 e. The van der Waals surface area contributed by atoms with E-state index < -0.39 is 5.97 Å². The molecule has 0 fully saturated rings. The summed E-state index contributed by atoms with van der Waals surface area (Å²) in [6.07, 6.45) is 4.72. The van der Waals surface area contributed by atoms with Crippen LogP contribution in [0.3, 0.4) is 0 Å². The highest BCUT2D eigenvalue weighted by Crippen LogP contribution is 2.29. The molecule has 1 aliphatic carbocycles. The monoisotopic (exact) mass is 249 g/mol. The number of hydrogen-bond donors (Lipinski definition) is 2. The quantitative estimate of drug-likeness (QED) is 0.752. The zero-order chi connectivity index (χ0) is 12.8. The van der Waals surface area contributed by atoms with E-state index in [9.17, 15) is 4.79 Å². The summed E-state index contributed by atoms with van der Waals surface area (Å²) in [5.74, 6) is 0.122. The Labute approximate surface area is 107 Å². The summed E-state index contributed by atoms with van der Waals surface area (Å²) in [7, 11) is 0. The molecule has 0 saturated carbocycles. The summed E-state index contributed by atoms with van der Waals surface area (Å²) in [4.78, 5) is 10.3. The molecule has 4 nitrogen and oxygen atoms in total. The number of benzene rings is 1. The lowest BCUT2D eigenvalue weighted by Gasteiger charge is -2.19. The zero-order valence-electron chi connectivity index (χ0n) is 10.4. The molecule has 4 heteroatoms. The summed E-state index contributed by atoms with van der Waals surface area (Å²) in [5.41, 5.74) is 2.74. The molecule has 98 valence electrons. The molecular weight excluding hydrogens is 230 g/mol. The van der Waals surface area contributed by atoms with Gasteiger partial charge in [0.1, 0.15) is 12.4 Å². The number of hydrogen-bond acceptors (Lipinski definition) is 3. The predicted molar refractivity (Wildman–Crippen MR) is 69.1 cm³/mol. The summed E-state index contributed by atoms with van der Waals surface area (Å²) in [6.45, 7) is 1.04. The summed E-state index contributed by atoms with van der Waals surface area (Å²) in [5, 5.41) is 11.3. The van der Waals surface area contributed by atoms with Crippen LogP contribution < -0.4 is 10.1 Å². The number of carbonyl (C=O) groups is 1. The van der Waals surface area contributed by atoms with Gasteiger partial charge in [-0.25, -0.2) is 0 Å². The lowest BCUT2D eigenvalue weighted by Crippen LogP contribution is -2.27. The number of rotatable bonds is 6. The van der Waals surface area contributed by atoms with E-state index in [1.54, 1.807) is 0 Å². The van der Waals surface area contributed by atoms with Crippen molar-refractivity contribution in [2.45, 2.75) is 25.7 Å². The van der Waals surface area contributed by atoms with E-state index in [1.807, 2.05) is 12.1 Å². The minimum Gasteiger partial charge on any atom is -0.492 e. The molecule has 1 aromatic rings. The number of aliphatic carboxylic acids is 1. The van der Waals surface area contributed by atoms with Crippen molar-refractivity contribution >= 4 is 5.97 Å². The number of aryl methyl sites for hydroxylation is 1. The SMILES string of the molecule is O=C(O)CNCCOc1cccc2c1CCCC2. The van der Waals surface area contributed by atoms with E-state index in [-0.39, 0.29) is 6.54 Å². The molecule has 0 unspecified atom stereocenters. The number of nitrogens with one attached hydrogen (secondary N) is 1. The molecule has 0 aliphatic heterocycles. The van der Waals surface area contributed by atoms with Crippen LogP contribution in [0.15, 0.2) is 18.2 Å². The first-order chi connectivity index (χ1) is 8.77.